The Labute approximate surface area is 223 Å². The molecule has 1 atom stereocenters. The SMILES string of the molecule is C[C@H](Nc1cc(N2CCN(C(=O)c3ccc(Cl)cc3)CC2)ccc1[N+](=O)[O-])C12CC3CC(CC(C3)C1)C2. The highest BCUT2D eigenvalue weighted by Gasteiger charge is 2.53. The summed E-state index contributed by atoms with van der Waals surface area (Å²) in [7, 11) is 0. The van der Waals surface area contributed by atoms with Crippen LogP contribution in [0.3, 0.4) is 0 Å². The van der Waals surface area contributed by atoms with E-state index in [1.165, 1.54) is 38.5 Å². The maximum atomic E-state index is 12.9. The van der Waals surface area contributed by atoms with Crippen LogP contribution in [0.5, 0.6) is 0 Å². The third-order valence-electron chi connectivity index (χ3n) is 9.58. The van der Waals surface area contributed by atoms with E-state index in [1.807, 2.05) is 17.0 Å². The molecule has 0 spiro atoms. The van der Waals surface area contributed by atoms with Gasteiger partial charge in [-0.25, -0.2) is 0 Å². The molecular weight excluding hydrogens is 488 g/mol. The zero-order valence-electron chi connectivity index (χ0n) is 21.4. The maximum absolute atomic E-state index is 12.9. The van der Waals surface area contributed by atoms with E-state index in [4.69, 9.17) is 11.6 Å². The molecule has 5 fully saturated rings. The lowest BCUT2D eigenvalue weighted by Crippen LogP contribution is -2.53. The molecule has 8 heteroatoms. The Bertz CT molecular complexity index is 1160. The molecule has 0 unspecified atom stereocenters. The summed E-state index contributed by atoms with van der Waals surface area (Å²) in [5.41, 5.74) is 2.61. The van der Waals surface area contributed by atoms with E-state index in [1.54, 1.807) is 30.3 Å². The van der Waals surface area contributed by atoms with Gasteiger partial charge in [-0.2, -0.15) is 0 Å². The van der Waals surface area contributed by atoms with Crippen molar-refractivity contribution in [3.8, 4) is 0 Å². The summed E-state index contributed by atoms with van der Waals surface area (Å²) < 4.78 is 0. The van der Waals surface area contributed by atoms with Crippen LogP contribution in [0.15, 0.2) is 42.5 Å². The molecule has 5 aliphatic rings. The van der Waals surface area contributed by atoms with Gasteiger partial charge in [-0.15, -0.1) is 0 Å². The van der Waals surface area contributed by atoms with Crippen molar-refractivity contribution < 1.29 is 9.72 Å². The normalized spacial score (nSPS) is 29.3. The number of nitro benzene ring substituents is 1. The molecule has 1 heterocycles. The second-order valence-corrected chi connectivity index (χ2v) is 12.3. The molecule has 1 saturated heterocycles. The minimum Gasteiger partial charge on any atom is -0.376 e. The van der Waals surface area contributed by atoms with Crippen LogP contribution in [0.2, 0.25) is 5.02 Å². The first kappa shape index (κ1) is 24.5. The molecule has 196 valence electrons. The largest absolute Gasteiger partial charge is 0.376 e. The van der Waals surface area contributed by atoms with Crippen molar-refractivity contribution in [2.24, 2.45) is 23.2 Å². The number of hydrogen-bond acceptors (Lipinski definition) is 5. The van der Waals surface area contributed by atoms with Crippen molar-refractivity contribution in [2.45, 2.75) is 51.5 Å². The van der Waals surface area contributed by atoms with Gasteiger partial charge < -0.3 is 15.1 Å². The Kier molecular flexibility index (Phi) is 6.30. The average Bonchev–Trinajstić information content (AvgIpc) is 2.88. The molecule has 37 heavy (non-hydrogen) atoms. The first-order valence-corrected chi connectivity index (χ1v) is 14.0. The van der Waals surface area contributed by atoms with Gasteiger partial charge in [0.15, 0.2) is 0 Å². The van der Waals surface area contributed by atoms with Gasteiger partial charge in [0.2, 0.25) is 0 Å². The Morgan fingerprint density at radius 1 is 1.00 bits per heavy atom. The Balaban J connectivity index is 1.16. The van der Waals surface area contributed by atoms with Crippen LogP contribution in [0.25, 0.3) is 0 Å². The quantitative estimate of drug-likeness (QED) is 0.359. The second kappa shape index (κ2) is 9.50. The highest BCUT2D eigenvalue weighted by molar-refractivity contribution is 6.30. The second-order valence-electron chi connectivity index (χ2n) is 11.9. The molecule has 1 N–H and O–H groups in total. The first-order chi connectivity index (χ1) is 17.8. The van der Waals surface area contributed by atoms with Gasteiger partial charge in [0.25, 0.3) is 11.6 Å². The summed E-state index contributed by atoms with van der Waals surface area (Å²) in [5, 5.41) is 16.2. The number of nitrogens with one attached hydrogen (secondary N) is 1. The third-order valence-corrected chi connectivity index (χ3v) is 9.83. The number of amides is 1. The summed E-state index contributed by atoms with van der Waals surface area (Å²) in [6.07, 6.45) is 7.91. The van der Waals surface area contributed by atoms with E-state index < -0.39 is 0 Å². The number of carbonyl (C=O) groups is 1. The van der Waals surface area contributed by atoms with Gasteiger partial charge in [-0.1, -0.05) is 11.6 Å². The number of piperazine rings is 1. The number of nitrogens with zero attached hydrogens (tertiary/aromatic N) is 3. The van der Waals surface area contributed by atoms with Crippen molar-refractivity contribution in [2.75, 3.05) is 36.4 Å². The molecular formula is C29H35ClN4O3. The smallest absolute Gasteiger partial charge is 0.292 e. The standard InChI is InChI=1S/C29H35ClN4O3/c1-19(29-16-20-12-21(17-29)14-22(13-20)18-29)31-26-15-25(6-7-27(26)34(36)37)32-8-10-33(11-9-32)28(35)23-2-4-24(30)5-3-23/h2-7,15,19-22,31H,8-14,16-18H2,1H3/t19-,20?,21?,22?,29?/m0/s1. The number of carbonyl (C=O) groups excluding carboxylic acids is 1. The van der Waals surface area contributed by atoms with E-state index in [0.29, 0.717) is 42.5 Å². The van der Waals surface area contributed by atoms with Gasteiger partial charge in [0, 0.05) is 54.6 Å². The number of rotatable bonds is 6. The lowest BCUT2D eigenvalue weighted by atomic mass is 9.48. The minimum atomic E-state index is -0.277. The van der Waals surface area contributed by atoms with Crippen molar-refractivity contribution in [1.82, 2.24) is 4.90 Å². The Morgan fingerprint density at radius 3 is 2.16 bits per heavy atom. The van der Waals surface area contributed by atoms with Gasteiger partial charge in [-0.3, -0.25) is 14.9 Å². The summed E-state index contributed by atoms with van der Waals surface area (Å²) in [6.45, 7) is 4.81. The number of anilines is 2. The van der Waals surface area contributed by atoms with Crippen LogP contribution >= 0.6 is 11.6 Å². The molecule has 4 bridgehead atoms. The van der Waals surface area contributed by atoms with Gasteiger partial charge in [0.05, 0.1) is 4.92 Å². The summed E-state index contributed by atoms with van der Waals surface area (Å²) in [5.74, 6) is 2.52. The molecule has 1 amide bonds. The van der Waals surface area contributed by atoms with Crippen LogP contribution in [-0.4, -0.2) is 48.0 Å². The van der Waals surface area contributed by atoms with Crippen LogP contribution in [0.1, 0.15) is 55.8 Å². The number of benzene rings is 2. The molecule has 0 aromatic heterocycles. The monoisotopic (exact) mass is 522 g/mol. The first-order valence-electron chi connectivity index (χ1n) is 13.6. The fraction of sp³-hybridized carbons (Fsp3) is 0.552. The number of halogens is 1. The lowest BCUT2D eigenvalue weighted by molar-refractivity contribution is -0.384. The third kappa shape index (κ3) is 4.67. The fourth-order valence-electron chi connectivity index (χ4n) is 8.03. The molecule has 2 aromatic carbocycles. The molecule has 4 saturated carbocycles. The molecule has 4 aliphatic carbocycles. The minimum absolute atomic E-state index is 0.00627. The summed E-state index contributed by atoms with van der Waals surface area (Å²) in [4.78, 5) is 28.6. The van der Waals surface area contributed by atoms with Crippen molar-refractivity contribution in [3.05, 3.63) is 63.2 Å². The average molecular weight is 523 g/mol. The van der Waals surface area contributed by atoms with Crippen LogP contribution in [-0.2, 0) is 0 Å². The predicted octanol–water partition coefficient (Wildman–Crippen LogP) is 6.23. The van der Waals surface area contributed by atoms with Crippen molar-refractivity contribution in [3.63, 3.8) is 0 Å². The zero-order valence-corrected chi connectivity index (χ0v) is 22.1. The van der Waals surface area contributed by atoms with E-state index >= 15 is 0 Å². The van der Waals surface area contributed by atoms with Gasteiger partial charge in [-0.05, 0) is 105 Å². The molecule has 2 aromatic rings. The molecule has 7 rings (SSSR count). The number of hydrogen-bond donors (Lipinski definition) is 1. The molecule has 1 aliphatic heterocycles. The van der Waals surface area contributed by atoms with Crippen molar-refractivity contribution >= 4 is 34.6 Å². The van der Waals surface area contributed by atoms with Gasteiger partial charge in [0.1, 0.15) is 5.69 Å². The summed E-state index contributed by atoms with van der Waals surface area (Å²) in [6, 6.07) is 12.6. The highest BCUT2D eigenvalue weighted by atomic mass is 35.5. The summed E-state index contributed by atoms with van der Waals surface area (Å²) >= 11 is 5.96. The molecule has 7 nitrogen and oxygen atoms in total. The molecule has 0 radical (unpaired) electrons. The van der Waals surface area contributed by atoms with E-state index in [9.17, 15) is 14.9 Å². The van der Waals surface area contributed by atoms with E-state index in [2.05, 4.69) is 17.1 Å². The van der Waals surface area contributed by atoms with Crippen molar-refractivity contribution in [1.29, 1.82) is 0 Å². The van der Waals surface area contributed by atoms with Crippen LogP contribution in [0, 0.1) is 33.3 Å². The predicted molar refractivity (Wildman–Crippen MR) is 146 cm³/mol. The highest BCUT2D eigenvalue weighted by Crippen LogP contribution is 2.61. The van der Waals surface area contributed by atoms with Crippen LogP contribution < -0.4 is 10.2 Å². The van der Waals surface area contributed by atoms with Crippen LogP contribution in [0.4, 0.5) is 17.1 Å². The van der Waals surface area contributed by atoms with E-state index in [-0.39, 0.29) is 28.0 Å². The maximum Gasteiger partial charge on any atom is 0.292 e. The number of nitro groups is 1. The Morgan fingerprint density at radius 2 is 1.59 bits per heavy atom. The topological polar surface area (TPSA) is 78.7 Å². The fourth-order valence-corrected chi connectivity index (χ4v) is 8.16. The lowest BCUT2D eigenvalue weighted by Gasteiger charge is -2.59. The zero-order chi connectivity index (χ0) is 25.7. The Hall–Kier alpha value is -2.80. The van der Waals surface area contributed by atoms with Gasteiger partial charge >= 0.3 is 0 Å². The van der Waals surface area contributed by atoms with E-state index in [0.717, 1.165) is 23.4 Å².